The Bertz CT molecular complexity index is 1100. The summed E-state index contributed by atoms with van der Waals surface area (Å²) in [6, 6.07) is 10.4. The van der Waals surface area contributed by atoms with Crippen molar-refractivity contribution >= 4 is 28.4 Å². The number of fused-ring (bicyclic) bond motifs is 1. The van der Waals surface area contributed by atoms with Crippen molar-refractivity contribution in [1.29, 1.82) is 0 Å². The number of aromatic nitrogens is 3. The van der Waals surface area contributed by atoms with Crippen molar-refractivity contribution in [2.45, 2.75) is 6.92 Å². The second-order valence-corrected chi connectivity index (χ2v) is 8.41. The van der Waals surface area contributed by atoms with Gasteiger partial charge in [-0.3, -0.25) is 9.78 Å². The molecule has 3 aromatic rings. The minimum Gasteiger partial charge on any atom is -0.379 e. The molecule has 0 saturated carbocycles. The highest BCUT2D eigenvalue weighted by Gasteiger charge is 2.44. The van der Waals surface area contributed by atoms with E-state index in [2.05, 4.69) is 44.5 Å². The summed E-state index contributed by atoms with van der Waals surface area (Å²) in [5.41, 5.74) is 4.29. The maximum absolute atomic E-state index is 12.7. The van der Waals surface area contributed by atoms with E-state index in [1.54, 1.807) is 12.4 Å². The second kappa shape index (κ2) is 7.77. The summed E-state index contributed by atoms with van der Waals surface area (Å²) in [6.45, 7) is 6.22. The number of anilines is 2. The molecule has 1 aromatic carbocycles. The van der Waals surface area contributed by atoms with Gasteiger partial charge in [0.25, 0.3) is 0 Å². The van der Waals surface area contributed by atoms with Gasteiger partial charge in [0, 0.05) is 56.9 Å². The van der Waals surface area contributed by atoms with Gasteiger partial charge in [0.1, 0.15) is 5.52 Å². The van der Waals surface area contributed by atoms with Crippen LogP contribution in [-0.2, 0) is 9.53 Å². The molecule has 2 aromatic heterocycles. The van der Waals surface area contributed by atoms with Crippen molar-refractivity contribution in [3.05, 3.63) is 42.7 Å². The number of rotatable bonds is 4. The average Bonchev–Trinajstić information content (AvgIpc) is 2.81. The van der Waals surface area contributed by atoms with Gasteiger partial charge in [-0.2, -0.15) is 0 Å². The molecule has 2 aliphatic rings. The Balaban J connectivity index is 1.30. The monoisotopic (exact) mass is 418 g/mol. The third kappa shape index (κ3) is 3.57. The van der Waals surface area contributed by atoms with Gasteiger partial charge >= 0.3 is 0 Å². The predicted octanol–water partition coefficient (Wildman–Crippen LogP) is 2.42. The molecular formula is C23H26N6O2. The standard InChI is InChI=1S/C23H26N6O2/c1-23(14-31-15-23)22(30)29-11-9-28(10-12-29)17-5-3-16(4-6-17)18-13-19-20(21(24-2)27-18)26-8-7-25-19/h3-8,13H,9-12,14-15H2,1-2H3,(H,24,27). The molecule has 5 rings (SSSR count). The zero-order valence-electron chi connectivity index (χ0n) is 17.8. The molecule has 2 saturated heterocycles. The summed E-state index contributed by atoms with van der Waals surface area (Å²) in [7, 11) is 1.84. The van der Waals surface area contributed by atoms with Crippen LogP contribution in [0.1, 0.15) is 6.92 Å². The summed E-state index contributed by atoms with van der Waals surface area (Å²) in [5, 5.41) is 3.11. The lowest BCUT2D eigenvalue weighted by Crippen LogP contribution is -2.58. The quantitative estimate of drug-likeness (QED) is 0.697. The molecule has 160 valence electrons. The molecule has 2 aliphatic heterocycles. The highest BCUT2D eigenvalue weighted by atomic mass is 16.5. The summed E-state index contributed by atoms with van der Waals surface area (Å²) in [4.78, 5) is 30.5. The number of ether oxygens (including phenoxy) is 1. The minimum absolute atomic E-state index is 0.222. The summed E-state index contributed by atoms with van der Waals surface area (Å²) in [6.07, 6.45) is 3.37. The van der Waals surface area contributed by atoms with E-state index in [9.17, 15) is 4.79 Å². The first-order valence-electron chi connectivity index (χ1n) is 10.6. The van der Waals surface area contributed by atoms with E-state index in [-0.39, 0.29) is 11.3 Å². The third-order valence-corrected chi connectivity index (χ3v) is 6.15. The number of nitrogens with zero attached hydrogens (tertiary/aromatic N) is 5. The largest absolute Gasteiger partial charge is 0.379 e. The lowest BCUT2D eigenvalue weighted by atomic mass is 9.86. The van der Waals surface area contributed by atoms with Gasteiger partial charge in [-0.1, -0.05) is 12.1 Å². The van der Waals surface area contributed by atoms with Gasteiger partial charge in [0.15, 0.2) is 5.82 Å². The number of hydrogen-bond acceptors (Lipinski definition) is 7. The number of carbonyl (C=O) groups is 1. The maximum Gasteiger partial charge on any atom is 0.233 e. The van der Waals surface area contributed by atoms with Crippen LogP contribution in [0.3, 0.4) is 0 Å². The topological polar surface area (TPSA) is 83.5 Å². The molecule has 8 heteroatoms. The molecule has 4 heterocycles. The smallest absolute Gasteiger partial charge is 0.233 e. The van der Waals surface area contributed by atoms with Gasteiger partial charge in [0.05, 0.1) is 29.8 Å². The zero-order valence-corrected chi connectivity index (χ0v) is 17.8. The van der Waals surface area contributed by atoms with Crippen LogP contribution in [0.5, 0.6) is 0 Å². The Morgan fingerprint density at radius 3 is 2.42 bits per heavy atom. The first-order valence-corrected chi connectivity index (χ1v) is 10.6. The van der Waals surface area contributed by atoms with Gasteiger partial charge in [-0.15, -0.1) is 0 Å². The van der Waals surface area contributed by atoms with Crippen molar-refractivity contribution in [3.63, 3.8) is 0 Å². The molecular weight excluding hydrogens is 392 g/mol. The van der Waals surface area contributed by atoms with E-state index in [1.165, 1.54) is 0 Å². The van der Waals surface area contributed by atoms with Crippen molar-refractivity contribution in [2.75, 3.05) is 56.7 Å². The predicted molar refractivity (Wildman–Crippen MR) is 120 cm³/mol. The van der Waals surface area contributed by atoms with Crippen LogP contribution < -0.4 is 10.2 Å². The molecule has 1 amide bonds. The number of carbonyl (C=O) groups excluding carboxylic acids is 1. The molecule has 31 heavy (non-hydrogen) atoms. The van der Waals surface area contributed by atoms with Crippen LogP contribution in [0.2, 0.25) is 0 Å². The normalized spacial score (nSPS) is 18.0. The Labute approximate surface area is 181 Å². The number of nitrogens with one attached hydrogen (secondary N) is 1. The van der Waals surface area contributed by atoms with Gasteiger partial charge in [-0.05, 0) is 25.1 Å². The van der Waals surface area contributed by atoms with Gasteiger partial charge in [-0.25, -0.2) is 9.97 Å². The van der Waals surface area contributed by atoms with Gasteiger partial charge in [0.2, 0.25) is 5.91 Å². The maximum atomic E-state index is 12.7. The van der Waals surface area contributed by atoms with Crippen molar-refractivity contribution in [2.24, 2.45) is 5.41 Å². The first kappa shape index (κ1) is 19.7. The van der Waals surface area contributed by atoms with E-state index in [4.69, 9.17) is 9.72 Å². The van der Waals surface area contributed by atoms with Crippen LogP contribution in [0.4, 0.5) is 11.5 Å². The molecule has 1 N–H and O–H groups in total. The summed E-state index contributed by atoms with van der Waals surface area (Å²) >= 11 is 0. The second-order valence-electron chi connectivity index (χ2n) is 8.41. The summed E-state index contributed by atoms with van der Waals surface area (Å²) in [5.74, 6) is 0.940. The average molecular weight is 419 g/mol. The van der Waals surface area contributed by atoms with Crippen LogP contribution in [0, 0.1) is 5.41 Å². The highest BCUT2D eigenvalue weighted by Crippen LogP contribution is 2.30. The number of pyridine rings is 1. The molecule has 0 spiro atoms. The van der Waals surface area contributed by atoms with Crippen LogP contribution in [0.25, 0.3) is 22.3 Å². The highest BCUT2D eigenvalue weighted by molar-refractivity contribution is 5.88. The van der Waals surface area contributed by atoms with Crippen LogP contribution in [0.15, 0.2) is 42.7 Å². The SMILES string of the molecule is CNc1nc(-c2ccc(N3CCN(C(=O)C4(C)COC4)CC3)cc2)cc2nccnc12. The molecule has 0 atom stereocenters. The van der Waals surface area contributed by atoms with Crippen LogP contribution >= 0.6 is 0 Å². The molecule has 0 bridgehead atoms. The fraction of sp³-hybridized carbons (Fsp3) is 0.391. The third-order valence-electron chi connectivity index (χ3n) is 6.15. The van der Waals surface area contributed by atoms with E-state index < -0.39 is 0 Å². The van der Waals surface area contributed by atoms with Crippen molar-refractivity contribution in [1.82, 2.24) is 19.9 Å². The minimum atomic E-state index is -0.326. The molecule has 0 aliphatic carbocycles. The molecule has 0 radical (unpaired) electrons. The fourth-order valence-corrected chi connectivity index (χ4v) is 4.22. The Morgan fingerprint density at radius 2 is 1.77 bits per heavy atom. The fourth-order valence-electron chi connectivity index (χ4n) is 4.22. The first-order chi connectivity index (χ1) is 15.1. The molecule has 8 nitrogen and oxygen atoms in total. The molecule has 2 fully saturated rings. The Hall–Kier alpha value is -3.26. The number of amides is 1. The van der Waals surface area contributed by atoms with E-state index in [0.717, 1.165) is 60.0 Å². The van der Waals surface area contributed by atoms with Gasteiger partial charge < -0.3 is 19.9 Å². The van der Waals surface area contributed by atoms with E-state index in [0.29, 0.717) is 13.2 Å². The number of piperazine rings is 1. The van der Waals surface area contributed by atoms with Crippen molar-refractivity contribution in [3.8, 4) is 11.3 Å². The van der Waals surface area contributed by atoms with E-state index in [1.807, 2.05) is 24.9 Å². The lowest BCUT2D eigenvalue weighted by Gasteiger charge is -2.43. The van der Waals surface area contributed by atoms with Crippen molar-refractivity contribution < 1.29 is 9.53 Å². The lowest BCUT2D eigenvalue weighted by molar-refractivity contribution is -0.169. The summed E-state index contributed by atoms with van der Waals surface area (Å²) < 4.78 is 5.25. The number of hydrogen-bond donors (Lipinski definition) is 1. The van der Waals surface area contributed by atoms with Crippen LogP contribution in [-0.4, -0.2) is 72.2 Å². The Morgan fingerprint density at radius 1 is 1.06 bits per heavy atom. The zero-order chi connectivity index (χ0) is 21.4. The Kier molecular flexibility index (Phi) is 4.94. The number of benzene rings is 1. The molecule has 0 unspecified atom stereocenters. The van der Waals surface area contributed by atoms with E-state index >= 15 is 0 Å².